The van der Waals surface area contributed by atoms with E-state index in [-0.39, 0.29) is 0 Å². The van der Waals surface area contributed by atoms with Crippen molar-refractivity contribution in [2.75, 3.05) is 6.54 Å². The monoisotopic (exact) mass is 351 g/mol. The van der Waals surface area contributed by atoms with Crippen molar-refractivity contribution in [3.8, 4) is 0 Å². The Morgan fingerprint density at radius 2 is 1.81 bits per heavy atom. The van der Waals surface area contributed by atoms with Crippen LogP contribution in [0.2, 0.25) is 0 Å². The second-order valence-electron chi connectivity index (χ2n) is 7.20. The Hall–Kier alpha value is -0.380. The summed E-state index contributed by atoms with van der Waals surface area (Å²) >= 11 is 3.49. The van der Waals surface area contributed by atoms with Crippen LogP contribution in [0.15, 0.2) is 28.7 Å². The first kappa shape index (κ1) is 15.5. The van der Waals surface area contributed by atoms with Gasteiger partial charge in [0.2, 0.25) is 0 Å². The molecule has 2 fully saturated rings. The van der Waals surface area contributed by atoms with Crippen LogP contribution >= 0.6 is 15.9 Å². The number of hydrogen-bond donors (Lipinski definition) is 2. The topological polar surface area (TPSA) is 32.3 Å². The van der Waals surface area contributed by atoms with Gasteiger partial charge in [0.1, 0.15) is 0 Å². The van der Waals surface area contributed by atoms with E-state index in [1.54, 1.807) is 0 Å². The van der Waals surface area contributed by atoms with Crippen molar-refractivity contribution >= 4 is 15.9 Å². The molecule has 0 radical (unpaired) electrons. The van der Waals surface area contributed by atoms with Gasteiger partial charge in [-0.15, -0.1) is 0 Å². The molecule has 21 heavy (non-hydrogen) atoms. The maximum Gasteiger partial charge on any atom is 0.0771 e. The highest BCUT2D eigenvalue weighted by Gasteiger charge is 2.35. The molecule has 0 bridgehead atoms. The van der Waals surface area contributed by atoms with E-state index in [0.29, 0.717) is 12.0 Å². The van der Waals surface area contributed by atoms with Crippen molar-refractivity contribution in [1.29, 1.82) is 0 Å². The first-order valence-electron chi connectivity index (χ1n) is 8.25. The molecule has 0 spiro atoms. The zero-order chi connectivity index (χ0) is 14.9. The third kappa shape index (κ3) is 3.88. The lowest BCUT2D eigenvalue weighted by molar-refractivity contribution is -0.0108. The molecule has 0 aliphatic heterocycles. The zero-order valence-corrected chi connectivity index (χ0v) is 14.4. The van der Waals surface area contributed by atoms with Crippen LogP contribution in [0.4, 0.5) is 0 Å². The second-order valence-corrected chi connectivity index (χ2v) is 8.12. The SMILES string of the molecule is CC1CCC(O)(CNC2CC(c3ccc(Br)cc3)C2)CC1. The smallest absolute Gasteiger partial charge is 0.0771 e. The third-order valence-corrected chi connectivity index (χ3v) is 5.93. The van der Waals surface area contributed by atoms with Crippen molar-refractivity contribution in [1.82, 2.24) is 5.32 Å². The quantitative estimate of drug-likeness (QED) is 0.850. The van der Waals surface area contributed by atoms with Crippen molar-refractivity contribution < 1.29 is 5.11 Å². The van der Waals surface area contributed by atoms with Gasteiger partial charge in [-0.2, -0.15) is 0 Å². The lowest BCUT2D eigenvalue weighted by atomic mass is 9.75. The summed E-state index contributed by atoms with van der Waals surface area (Å²) in [5.41, 5.74) is 0.997. The molecule has 2 N–H and O–H groups in total. The van der Waals surface area contributed by atoms with Crippen molar-refractivity contribution in [3.05, 3.63) is 34.3 Å². The molecular weight excluding hydrogens is 326 g/mol. The molecular formula is C18H26BrNO. The molecule has 2 saturated carbocycles. The number of hydrogen-bond acceptors (Lipinski definition) is 2. The van der Waals surface area contributed by atoms with E-state index >= 15 is 0 Å². The van der Waals surface area contributed by atoms with Crippen LogP contribution in [-0.4, -0.2) is 23.3 Å². The van der Waals surface area contributed by atoms with E-state index in [4.69, 9.17) is 0 Å². The van der Waals surface area contributed by atoms with E-state index < -0.39 is 5.60 Å². The van der Waals surface area contributed by atoms with Crippen LogP contribution < -0.4 is 5.32 Å². The Morgan fingerprint density at radius 1 is 1.19 bits per heavy atom. The van der Waals surface area contributed by atoms with E-state index in [1.165, 1.54) is 31.2 Å². The van der Waals surface area contributed by atoms with Gasteiger partial charge in [-0.1, -0.05) is 35.0 Å². The fourth-order valence-corrected chi connectivity index (χ4v) is 3.87. The van der Waals surface area contributed by atoms with Crippen molar-refractivity contribution in [2.24, 2.45) is 5.92 Å². The fourth-order valence-electron chi connectivity index (χ4n) is 3.60. The summed E-state index contributed by atoms with van der Waals surface area (Å²) < 4.78 is 1.15. The fraction of sp³-hybridized carbons (Fsp3) is 0.667. The molecule has 1 aromatic carbocycles. The lowest BCUT2D eigenvalue weighted by Crippen LogP contribution is -2.49. The highest BCUT2D eigenvalue weighted by Crippen LogP contribution is 2.38. The Labute approximate surface area is 136 Å². The summed E-state index contributed by atoms with van der Waals surface area (Å²) in [7, 11) is 0. The molecule has 0 heterocycles. The van der Waals surface area contributed by atoms with E-state index in [9.17, 15) is 5.11 Å². The van der Waals surface area contributed by atoms with Crippen LogP contribution in [0.3, 0.4) is 0 Å². The van der Waals surface area contributed by atoms with E-state index in [0.717, 1.165) is 29.8 Å². The molecule has 0 unspecified atom stereocenters. The lowest BCUT2D eigenvalue weighted by Gasteiger charge is -2.41. The van der Waals surface area contributed by atoms with Gasteiger partial charge in [-0.3, -0.25) is 0 Å². The average molecular weight is 352 g/mol. The van der Waals surface area contributed by atoms with Crippen LogP contribution in [-0.2, 0) is 0 Å². The summed E-state index contributed by atoms with van der Waals surface area (Å²) in [5.74, 6) is 1.48. The summed E-state index contributed by atoms with van der Waals surface area (Å²) in [6.45, 7) is 3.07. The van der Waals surface area contributed by atoms with Gasteiger partial charge in [0.05, 0.1) is 5.60 Å². The molecule has 0 aromatic heterocycles. The van der Waals surface area contributed by atoms with Crippen molar-refractivity contribution in [2.45, 2.75) is 63.0 Å². The summed E-state index contributed by atoms with van der Waals surface area (Å²) in [6, 6.07) is 9.29. The maximum atomic E-state index is 10.6. The van der Waals surface area contributed by atoms with Gasteiger partial charge in [-0.05, 0) is 68.1 Å². The van der Waals surface area contributed by atoms with Gasteiger partial charge in [0, 0.05) is 17.1 Å². The Bertz CT molecular complexity index is 459. The molecule has 1 aromatic rings. The predicted molar refractivity (Wildman–Crippen MR) is 90.5 cm³/mol. The first-order chi connectivity index (χ1) is 10.0. The van der Waals surface area contributed by atoms with E-state index in [1.807, 2.05) is 0 Å². The Kier molecular flexibility index (Phi) is 4.72. The first-order valence-corrected chi connectivity index (χ1v) is 9.05. The third-order valence-electron chi connectivity index (χ3n) is 5.40. The van der Waals surface area contributed by atoms with Gasteiger partial charge in [0.25, 0.3) is 0 Å². The minimum absolute atomic E-state index is 0.449. The summed E-state index contributed by atoms with van der Waals surface area (Å²) in [4.78, 5) is 0. The zero-order valence-electron chi connectivity index (χ0n) is 12.8. The molecule has 0 atom stereocenters. The molecule has 0 saturated heterocycles. The number of rotatable bonds is 4. The minimum atomic E-state index is -0.449. The number of aliphatic hydroxyl groups is 1. The highest BCUT2D eigenvalue weighted by molar-refractivity contribution is 9.10. The molecule has 0 amide bonds. The summed E-state index contributed by atoms with van der Waals surface area (Å²) in [5, 5.41) is 14.2. The Balaban J connectivity index is 1.42. The van der Waals surface area contributed by atoms with Gasteiger partial charge >= 0.3 is 0 Å². The molecule has 3 rings (SSSR count). The van der Waals surface area contributed by atoms with E-state index in [2.05, 4.69) is 52.4 Å². The Morgan fingerprint density at radius 3 is 2.43 bits per heavy atom. The predicted octanol–water partition coefficient (Wildman–Crippen LogP) is 4.23. The van der Waals surface area contributed by atoms with Crippen molar-refractivity contribution in [3.63, 3.8) is 0 Å². The van der Waals surface area contributed by atoms with Crippen LogP contribution in [0.25, 0.3) is 0 Å². The second kappa shape index (κ2) is 6.39. The largest absolute Gasteiger partial charge is 0.389 e. The standard InChI is InChI=1S/C18H26BrNO/c1-13-6-8-18(21,9-7-13)12-20-17-10-15(11-17)14-2-4-16(19)5-3-14/h2-5,13,15,17,20-21H,6-12H2,1H3. The number of halogens is 1. The molecule has 116 valence electrons. The summed E-state index contributed by atoms with van der Waals surface area (Å²) in [6.07, 6.45) is 6.67. The minimum Gasteiger partial charge on any atom is -0.389 e. The maximum absolute atomic E-state index is 10.6. The molecule has 2 aliphatic rings. The highest BCUT2D eigenvalue weighted by atomic mass is 79.9. The molecule has 2 nitrogen and oxygen atoms in total. The van der Waals surface area contributed by atoms with Gasteiger partial charge < -0.3 is 10.4 Å². The normalized spacial score (nSPS) is 36.2. The average Bonchev–Trinajstić information content (AvgIpc) is 2.43. The van der Waals surface area contributed by atoms with Crippen LogP contribution in [0, 0.1) is 5.92 Å². The van der Waals surface area contributed by atoms with Crippen LogP contribution in [0.1, 0.15) is 56.9 Å². The molecule has 3 heteroatoms. The van der Waals surface area contributed by atoms with Gasteiger partial charge in [0.15, 0.2) is 0 Å². The molecule has 2 aliphatic carbocycles. The van der Waals surface area contributed by atoms with Gasteiger partial charge in [-0.25, -0.2) is 0 Å². The van der Waals surface area contributed by atoms with Crippen LogP contribution in [0.5, 0.6) is 0 Å². The number of nitrogens with one attached hydrogen (secondary N) is 1. The number of benzene rings is 1.